The molecule has 0 unspecified atom stereocenters. The molecule has 3 aliphatic carbocycles. The van der Waals surface area contributed by atoms with Gasteiger partial charge in [0, 0.05) is 0 Å². The second-order valence-electron chi connectivity index (χ2n) is 14.9. The van der Waals surface area contributed by atoms with Crippen LogP contribution < -0.4 is 0 Å². The Kier molecular flexibility index (Phi) is 6.48. The van der Waals surface area contributed by atoms with E-state index in [2.05, 4.69) is 109 Å². The van der Waals surface area contributed by atoms with E-state index < -0.39 is 0 Å². The van der Waals surface area contributed by atoms with Gasteiger partial charge in [0.25, 0.3) is 0 Å². The molecule has 250 valence electrons. The molecular weight excluding hydrogens is 645 g/mol. The number of fused-ring (bicyclic) bond motifs is 9. The standard InChI is InChI=1S/C51H34O2/c52-44-11-1-30(2-12-44)32-5-15-46-38(21-32)27-40-23-34(7-17-48(40)46)36-9-19-50-42(25-36)29-43-26-37(10-20-51(43)50)35-8-18-49-41(24-35)28-39-22-33(6-16-47(39)49)31-3-13-45(53)14-4-31/h1-26,52-53H,27-29H2. The Bertz CT molecular complexity index is 2610. The van der Waals surface area contributed by atoms with Gasteiger partial charge in [-0.05, 0) is 155 Å². The first-order valence-corrected chi connectivity index (χ1v) is 18.4. The second kappa shape index (κ2) is 11.4. The summed E-state index contributed by atoms with van der Waals surface area (Å²) in [6.45, 7) is 0. The summed E-state index contributed by atoms with van der Waals surface area (Å²) in [6.07, 6.45) is 2.80. The summed E-state index contributed by atoms with van der Waals surface area (Å²) in [5.41, 5.74) is 25.9. The van der Waals surface area contributed by atoms with Gasteiger partial charge in [-0.2, -0.15) is 0 Å². The summed E-state index contributed by atoms with van der Waals surface area (Å²) in [7, 11) is 0. The van der Waals surface area contributed by atoms with Crippen molar-refractivity contribution in [2.24, 2.45) is 0 Å². The zero-order valence-electron chi connectivity index (χ0n) is 29.0. The number of rotatable bonds is 4. The zero-order valence-corrected chi connectivity index (χ0v) is 29.0. The molecule has 8 aromatic rings. The van der Waals surface area contributed by atoms with Gasteiger partial charge in [-0.1, -0.05) is 133 Å². The first-order valence-electron chi connectivity index (χ1n) is 18.4. The molecule has 0 saturated carbocycles. The van der Waals surface area contributed by atoms with Gasteiger partial charge in [0.15, 0.2) is 0 Å². The molecule has 8 aromatic carbocycles. The highest BCUT2D eigenvalue weighted by atomic mass is 16.3. The molecule has 0 spiro atoms. The van der Waals surface area contributed by atoms with Gasteiger partial charge < -0.3 is 10.2 Å². The maximum atomic E-state index is 9.73. The van der Waals surface area contributed by atoms with E-state index in [0.717, 1.165) is 30.4 Å². The van der Waals surface area contributed by atoms with Crippen LogP contribution in [0.3, 0.4) is 0 Å². The predicted octanol–water partition coefficient (Wildman–Crippen LogP) is 12.5. The van der Waals surface area contributed by atoms with Crippen molar-refractivity contribution in [1.29, 1.82) is 0 Å². The highest BCUT2D eigenvalue weighted by Gasteiger charge is 2.24. The van der Waals surface area contributed by atoms with E-state index in [1.807, 2.05) is 24.3 Å². The van der Waals surface area contributed by atoms with Gasteiger partial charge in [0.2, 0.25) is 0 Å². The molecule has 2 N–H and O–H groups in total. The first kappa shape index (κ1) is 30.0. The van der Waals surface area contributed by atoms with Gasteiger partial charge in [-0.15, -0.1) is 0 Å². The fourth-order valence-corrected chi connectivity index (χ4v) is 9.02. The van der Waals surface area contributed by atoms with Crippen LogP contribution in [0, 0.1) is 0 Å². The van der Waals surface area contributed by atoms with E-state index >= 15 is 0 Å². The highest BCUT2D eigenvalue weighted by Crippen LogP contribution is 2.45. The molecule has 0 radical (unpaired) electrons. The highest BCUT2D eigenvalue weighted by molar-refractivity contribution is 5.87. The summed E-state index contributed by atoms with van der Waals surface area (Å²) in [5, 5.41) is 19.5. The van der Waals surface area contributed by atoms with Crippen LogP contribution in [0.15, 0.2) is 158 Å². The number of hydrogen-bond acceptors (Lipinski definition) is 2. The predicted molar refractivity (Wildman–Crippen MR) is 216 cm³/mol. The molecule has 11 rings (SSSR count). The molecular formula is C51H34O2. The van der Waals surface area contributed by atoms with E-state index in [1.54, 1.807) is 24.3 Å². The molecule has 0 amide bonds. The van der Waals surface area contributed by atoms with Crippen LogP contribution >= 0.6 is 0 Å². The molecule has 2 heteroatoms. The molecule has 0 saturated heterocycles. The van der Waals surface area contributed by atoms with Gasteiger partial charge in [-0.25, -0.2) is 0 Å². The smallest absolute Gasteiger partial charge is 0.115 e. The van der Waals surface area contributed by atoms with Crippen molar-refractivity contribution >= 4 is 0 Å². The normalized spacial score (nSPS) is 12.8. The van der Waals surface area contributed by atoms with Gasteiger partial charge in [0.1, 0.15) is 11.5 Å². The number of hydrogen-bond donors (Lipinski definition) is 2. The minimum Gasteiger partial charge on any atom is -0.508 e. The number of phenolic OH excluding ortho intramolecular Hbond substituents is 2. The summed E-state index contributed by atoms with van der Waals surface area (Å²) in [5.74, 6) is 0.584. The Morgan fingerprint density at radius 2 is 0.415 bits per heavy atom. The molecule has 0 aromatic heterocycles. The Morgan fingerprint density at radius 3 is 0.642 bits per heavy atom. The topological polar surface area (TPSA) is 40.5 Å². The quantitative estimate of drug-likeness (QED) is 0.194. The zero-order chi connectivity index (χ0) is 35.2. The Labute approximate surface area is 308 Å². The number of benzene rings is 8. The lowest BCUT2D eigenvalue weighted by Gasteiger charge is -2.09. The summed E-state index contributed by atoms with van der Waals surface area (Å²) >= 11 is 0. The van der Waals surface area contributed by atoms with Crippen LogP contribution in [0.5, 0.6) is 11.5 Å². The molecule has 53 heavy (non-hydrogen) atoms. The van der Waals surface area contributed by atoms with Crippen LogP contribution in [0.4, 0.5) is 0 Å². The lowest BCUT2D eigenvalue weighted by molar-refractivity contribution is 0.475. The van der Waals surface area contributed by atoms with E-state index in [1.165, 1.54) is 100 Å². The first-order chi connectivity index (χ1) is 26.0. The van der Waals surface area contributed by atoms with E-state index in [-0.39, 0.29) is 0 Å². The average Bonchev–Trinajstić information content (AvgIpc) is 3.87. The fraction of sp³-hybridized carbons (Fsp3) is 0.0588. The van der Waals surface area contributed by atoms with Crippen molar-refractivity contribution in [3.8, 4) is 89.4 Å². The molecule has 0 atom stereocenters. The van der Waals surface area contributed by atoms with Gasteiger partial charge in [-0.3, -0.25) is 0 Å². The van der Waals surface area contributed by atoms with Crippen LogP contribution in [-0.4, -0.2) is 10.2 Å². The van der Waals surface area contributed by atoms with Crippen LogP contribution in [0.25, 0.3) is 77.9 Å². The van der Waals surface area contributed by atoms with Crippen molar-refractivity contribution in [3.63, 3.8) is 0 Å². The van der Waals surface area contributed by atoms with Crippen LogP contribution in [-0.2, 0) is 19.3 Å². The summed E-state index contributed by atoms with van der Waals surface area (Å²) < 4.78 is 0. The summed E-state index contributed by atoms with van der Waals surface area (Å²) in [4.78, 5) is 0. The van der Waals surface area contributed by atoms with Crippen LogP contribution in [0.2, 0.25) is 0 Å². The van der Waals surface area contributed by atoms with Crippen molar-refractivity contribution in [2.75, 3.05) is 0 Å². The summed E-state index contributed by atoms with van der Waals surface area (Å²) in [6, 6.07) is 56.4. The minimum absolute atomic E-state index is 0.292. The Hall–Kier alpha value is -6.64. The van der Waals surface area contributed by atoms with E-state index in [0.29, 0.717) is 11.5 Å². The third kappa shape index (κ3) is 4.94. The Morgan fingerprint density at radius 1 is 0.226 bits per heavy atom. The molecule has 0 bridgehead atoms. The van der Waals surface area contributed by atoms with Crippen molar-refractivity contribution in [2.45, 2.75) is 19.3 Å². The fourth-order valence-electron chi connectivity index (χ4n) is 9.02. The van der Waals surface area contributed by atoms with E-state index in [9.17, 15) is 10.2 Å². The third-order valence-electron chi connectivity index (χ3n) is 11.7. The molecule has 0 aliphatic heterocycles. The molecule has 0 fully saturated rings. The Balaban J connectivity index is 0.834. The van der Waals surface area contributed by atoms with Crippen molar-refractivity contribution < 1.29 is 10.2 Å². The second-order valence-corrected chi connectivity index (χ2v) is 14.9. The SMILES string of the molecule is Oc1ccc(-c2ccc3c(c2)Cc2cc(-c4ccc5c(c4)Cc4cc(-c6ccc7c(c6)Cc6cc(-c8ccc(O)cc8)ccc6-7)ccc4-5)ccc2-3)cc1. The third-order valence-corrected chi connectivity index (χ3v) is 11.7. The van der Waals surface area contributed by atoms with Crippen molar-refractivity contribution in [3.05, 3.63) is 191 Å². The lowest BCUT2D eigenvalue weighted by Crippen LogP contribution is -1.87. The molecule has 3 aliphatic rings. The minimum atomic E-state index is 0.292. The van der Waals surface area contributed by atoms with E-state index in [4.69, 9.17) is 0 Å². The van der Waals surface area contributed by atoms with Gasteiger partial charge in [0.05, 0.1) is 0 Å². The van der Waals surface area contributed by atoms with Crippen molar-refractivity contribution in [1.82, 2.24) is 0 Å². The number of phenols is 2. The van der Waals surface area contributed by atoms with Gasteiger partial charge >= 0.3 is 0 Å². The average molecular weight is 679 g/mol. The maximum absolute atomic E-state index is 9.73. The largest absolute Gasteiger partial charge is 0.508 e. The monoisotopic (exact) mass is 678 g/mol. The van der Waals surface area contributed by atoms with Crippen LogP contribution in [0.1, 0.15) is 33.4 Å². The number of aromatic hydroxyl groups is 2. The molecule has 2 nitrogen and oxygen atoms in total. The molecule has 0 heterocycles. The maximum Gasteiger partial charge on any atom is 0.115 e. The lowest BCUT2D eigenvalue weighted by atomic mass is 9.95.